The Morgan fingerprint density at radius 3 is 2.47 bits per heavy atom. The minimum Gasteiger partial charge on any atom is -0.490 e. The van der Waals surface area contributed by atoms with E-state index in [0.717, 1.165) is 14.9 Å². The van der Waals surface area contributed by atoms with E-state index in [0.29, 0.717) is 39.2 Å². The number of carbonyl (C=O) groups is 3. The SMILES string of the molecule is CCOc1cc(/C=C2\NC(=O)N(Cc3ccc(C(=O)OC)o3)C2=O)c(Br)c(Br)c1OCc1ccc(Br)cc1. The first-order valence-electron chi connectivity index (χ1n) is 11.2. The Balaban J connectivity index is 1.57. The molecule has 2 heterocycles. The lowest BCUT2D eigenvalue weighted by Gasteiger charge is -2.17. The van der Waals surface area contributed by atoms with Crippen LogP contribution in [0.4, 0.5) is 4.79 Å². The molecule has 1 aromatic heterocycles. The molecule has 9 nitrogen and oxygen atoms in total. The predicted molar refractivity (Wildman–Crippen MR) is 149 cm³/mol. The first-order valence-corrected chi connectivity index (χ1v) is 13.6. The van der Waals surface area contributed by atoms with Crippen molar-refractivity contribution in [1.82, 2.24) is 10.2 Å². The standard InChI is InChI=1S/C26H21Br3N2O7/c1-3-36-20-11-15(21(28)22(29)23(20)37-13-14-4-6-16(27)7-5-14)10-18-24(32)31(26(34)30-18)12-17-8-9-19(38-17)25(33)35-2/h4-11H,3,12-13H2,1-2H3,(H,30,34)/b18-10-. The molecule has 0 unspecified atom stereocenters. The number of hydrogen-bond donors (Lipinski definition) is 1. The van der Waals surface area contributed by atoms with Crippen LogP contribution in [-0.4, -0.2) is 36.5 Å². The van der Waals surface area contributed by atoms with Gasteiger partial charge in [0.1, 0.15) is 18.1 Å². The lowest BCUT2D eigenvalue weighted by atomic mass is 10.1. The highest BCUT2D eigenvalue weighted by Gasteiger charge is 2.35. The molecule has 0 saturated carbocycles. The van der Waals surface area contributed by atoms with E-state index in [2.05, 4.69) is 57.8 Å². The van der Waals surface area contributed by atoms with Crippen LogP contribution in [-0.2, 0) is 22.7 Å². The quantitative estimate of drug-likeness (QED) is 0.155. The van der Waals surface area contributed by atoms with Gasteiger partial charge in [0.2, 0.25) is 5.76 Å². The Morgan fingerprint density at radius 2 is 1.79 bits per heavy atom. The van der Waals surface area contributed by atoms with E-state index in [4.69, 9.17) is 13.9 Å². The molecule has 1 N–H and O–H groups in total. The lowest BCUT2D eigenvalue weighted by Crippen LogP contribution is -2.30. The third kappa shape index (κ3) is 6.13. The molecule has 1 saturated heterocycles. The van der Waals surface area contributed by atoms with E-state index in [1.807, 2.05) is 31.2 Å². The number of carbonyl (C=O) groups excluding carboxylic acids is 3. The zero-order chi connectivity index (χ0) is 27.4. The van der Waals surface area contributed by atoms with Crippen LogP contribution in [0, 0.1) is 0 Å². The molecule has 3 amide bonds. The average Bonchev–Trinajstić information content (AvgIpc) is 3.48. The number of nitrogens with zero attached hydrogens (tertiary/aromatic N) is 1. The zero-order valence-corrected chi connectivity index (χ0v) is 24.9. The predicted octanol–water partition coefficient (Wildman–Crippen LogP) is 6.42. The van der Waals surface area contributed by atoms with Crippen molar-refractivity contribution in [3.05, 3.63) is 84.2 Å². The van der Waals surface area contributed by atoms with Crippen LogP contribution in [0.2, 0.25) is 0 Å². The topological polar surface area (TPSA) is 107 Å². The summed E-state index contributed by atoms with van der Waals surface area (Å²) < 4.78 is 24.1. The van der Waals surface area contributed by atoms with Crippen LogP contribution in [0.1, 0.15) is 34.4 Å². The van der Waals surface area contributed by atoms with Crippen LogP contribution >= 0.6 is 47.8 Å². The summed E-state index contributed by atoms with van der Waals surface area (Å²) >= 11 is 10.5. The molecule has 4 rings (SSSR count). The molecular weight excluding hydrogens is 692 g/mol. The van der Waals surface area contributed by atoms with Crippen molar-refractivity contribution in [3.63, 3.8) is 0 Å². The van der Waals surface area contributed by atoms with Gasteiger partial charge in [-0.2, -0.15) is 0 Å². The highest BCUT2D eigenvalue weighted by Crippen LogP contribution is 2.44. The summed E-state index contributed by atoms with van der Waals surface area (Å²) in [4.78, 5) is 38.2. The molecule has 12 heteroatoms. The number of esters is 1. The van der Waals surface area contributed by atoms with Crippen molar-refractivity contribution in [1.29, 1.82) is 0 Å². The van der Waals surface area contributed by atoms with Crippen molar-refractivity contribution >= 4 is 71.8 Å². The Hall–Kier alpha value is -3.09. The normalized spacial score (nSPS) is 14.1. The number of benzene rings is 2. The Labute approximate surface area is 243 Å². The number of methoxy groups -OCH3 is 1. The fraction of sp³-hybridized carbons (Fsp3) is 0.192. The largest absolute Gasteiger partial charge is 0.490 e. The maximum Gasteiger partial charge on any atom is 0.373 e. The second-order valence-corrected chi connectivity index (χ2v) is 10.4. The third-order valence-electron chi connectivity index (χ3n) is 5.38. The average molecular weight is 713 g/mol. The summed E-state index contributed by atoms with van der Waals surface area (Å²) in [5, 5.41) is 2.58. The molecule has 38 heavy (non-hydrogen) atoms. The van der Waals surface area contributed by atoms with Gasteiger partial charge in [-0.3, -0.25) is 9.69 Å². The molecule has 0 atom stereocenters. The van der Waals surface area contributed by atoms with Crippen LogP contribution in [0.15, 0.2) is 66.0 Å². The Bertz CT molecular complexity index is 1420. The van der Waals surface area contributed by atoms with Gasteiger partial charge < -0.3 is 23.9 Å². The molecule has 0 bridgehead atoms. The number of rotatable bonds is 9. The molecule has 1 aliphatic rings. The zero-order valence-electron chi connectivity index (χ0n) is 20.2. The van der Waals surface area contributed by atoms with Gasteiger partial charge in [-0.25, -0.2) is 9.59 Å². The van der Waals surface area contributed by atoms with Crippen molar-refractivity contribution in [2.45, 2.75) is 20.1 Å². The van der Waals surface area contributed by atoms with E-state index >= 15 is 0 Å². The van der Waals surface area contributed by atoms with Gasteiger partial charge in [0.05, 0.1) is 24.7 Å². The first-order chi connectivity index (χ1) is 18.2. The van der Waals surface area contributed by atoms with Gasteiger partial charge in [0, 0.05) is 8.95 Å². The molecular formula is C26H21Br3N2O7. The first kappa shape index (κ1) is 27.9. The monoisotopic (exact) mass is 710 g/mol. The van der Waals surface area contributed by atoms with Crippen molar-refractivity contribution < 1.29 is 33.0 Å². The van der Waals surface area contributed by atoms with Crippen LogP contribution in [0.3, 0.4) is 0 Å². The summed E-state index contributed by atoms with van der Waals surface area (Å²) in [6, 6.07) is 11.8. The van der Waals surface area contributed by atoms with E-state index in [9.17, 15) is 14.4 Å². The van der Waals surface area contributed by atoms with Crippen LogP contribution in [0.5, 0.6) is 11.5 Å². The second kappa shape index (κ2) is 12.2. The fourth-order valence-corrected chi connectivity index (χ4v) is 4.75. The maximum atomic E-state index is 13.0. The summed E-state index contributed by atoms with van der Waals surface area (Å²) in [5.41, 5.74) is 1.61. The summed E-state index contributed by atoms with van der Waals surface area (Å²) in [5.74, 6) is -0.0195. The molecule has 1 aliphatic heterocycles. The van der Waals surface area contributed by atoms with Gasteiger partial charge in [0.25, 0.3) is 5.91 Å². The van der Waals surface area contributed by atoms with Crippen LogP contribution in [0.25, 0.3) is 6.08 Å². The molecule has 198 valence electrons. The molecule has 3 aromatic rings. The number of halogens is 3. The van der Waals surface area contributed by atoms with E-state index in [1.165, 1.54) is 25.3 Å². The third-order valence-corrected chi connectivity index (χ3v) is 8.05. The molecule has 0 radical (unpaired) electrons. The summed E-state index contributed by atoms with van der Waals surface area (Å²) in [7, 11) is 1.23. The number of nitrogens with one attached hydrogen (secondary N) is 1. The minimum atomic E-state index is -0.654. The van der Waals surface area contributed by atoms with Crippen molar-refractivity contribution in [2.24, 2.45) is 0 Å². The Morgan fingerprint density at radius 1 is 1.05 bits per heavy atom. The second-order valence-electron chi connectivity index (χ2n) is 7.91. The van der Waals surface area contributed by atoms with Gasteiger partial charge in [-0.05, 0) is 86.3 Å². The summed E-state index contributed by atoms with van der Waals surface area (Å²) in [6.07, 6.45) is 1.54. The maximum absolute atomic E-state index is 13.0. The molecule has 1 fully saturated rings. The molecule has 0 aliphatic carbocycles. The van der Waals surface area contributed by atoms with Gasteiger partial charge in [-0.15, -0.1) is 0 Å². The fourth-order valence-electron chi connectivity index (χ4n) is 3.54. The number of urea groups is 1. The molecule has 2 aromatic carbocycles. The van der Waals surface area contributed by atoms with Crippen molar-refractivity contribution in [3.8, 4) is 11.5 Å². The number of hydrogen-bond acceptors (Lipinski definition) is 7. The lowest BCUT2D eigenvalue weighted by molar-refractivity contribution is -0.123. The van der Waals surface area contributed by atoms with Gasteiger partial charge in [0.15, 0.2) is 11.5 Å². The molecule has 0 spiro atoms. The van der Waals surface area contributed by atoms with E-state index in [-0.39, 0.29) is 23.8 Å². The van der Waals surface area contributed by atoms with Crippen molar-refractivity contribution in [2.75, 3.05) is 13.7 Å². The minimum absolute atomic E-state index is 0.0232. The summed E-state index contributed by atoms with van der Waals surface area (Å²) in [6.45, 7) is 2.40. The highest BCUT2D eigenvalue weighted by atomic mass is 79.9. The van der Waals surface area contributed by atoms with Gasteiger partial charge >= 0.3 is 12.0 Å². The smallest absolute Gasteiger partial charge is 0.373 e. The number of furan rings is 1. The number of ether oxygens (including phenoxy) is 3. The Kier molecular flexibility index (Phi) is 8.95. The van der Waals surface area contributed by atoms with E-state index < -0.39 is 17.9 Å². The van der Waals surface area contributed by atoms with Crippen LogP contribution < -0.4 is 14.8 Å². The van der Waals surface area contributed by atoms with E-state index in [1.54, 1.807) is 6.07 Å². The number of amides is 3. The number of imide groups is 1. The van der Waals surface area contributed by atoms with Gasteiger partial charge in [-0.1, -0.05) is 28.1 Å². The highest BCUT2D eigenvalue weighted by molar-refractivity contribution is 9.13.